The first-order valence-electron chi connectivity index (χ1n) is 8.12. The molecule has 1 aromatic carbocycles. The van der Waals surface area contributed by atoms with Crippen LogP contribution in [-0.2, 0) is 4.79 Å². The van der Waals surface area contributed by atoms with E-state index in [1.807, 2.05) is 13.0 Å². The fourth-order valence-corrected chi connectivity index (χ4v) is 2.14. The van der Waals surface area contributed by atoms with E-state index in [9.17, 15) is 4.79 Å². The lowest BCUT2D eigenvalue weighted by molar-refractivity contribution is -0.117. The molecule has 5 nitrogen and oxygen atoms in total. The van der Waals surface area contributed by atoms with Gasteiger partial charge in [0.15, 0.2) is 18.1 Å². The van der Waals surface area contributed by atoms with Crippen LogP contribution >= 0.6 is 0 Å². The molecule has 1 atom stereocenters. The minimum Gasteiger partial charge on any atom is -0.493 e. The highest BCUT2D eigenvalue weighted by Gasteiger charge is 2.07. The maximum Gasteiger partial charge on any atom is 0.244 e. The number of carbonyl (C=O) groups is 1. The number of amides is 1. The summed E-state index contributed by atoms with van der Waals surface area (Å²) < 4.78 is 10.5. The largest absolute Gasteiger partial charge is 0.493 e. The fraction of sp³-hybridized carbons (Fsp3) is 0.474. The minimum absolute atomic E-state index is 0.0395. The van der Waals surface area contributed by atoms with Crippen molar-refractivity contribution in [3.05, 3.63) is 29.8 Å². The third-order valence-electron chi connectivity index (χ3n) is 3.47. The highest BCUT2D eigenvalue weighted by Crippen LogP contribution is 2.28. The summed E-state index contributed by atoms with van der Waals surface area (Å²) in [6.45, 7) is 6.32. The topological polar surface area (TPSA) is 71.3 Å². The van der Waals surface area contributed by atoms with Gasteiger partial charge in [0.1, 0.15) is 6.07 Å². The predicted molar refractivity (Wildman–Crippen MR) is 94.8 cm³/mol. The molecule has 0 radical (unpaired) electrons. The average molecular weight is 330 g/mol. The van der Waals surface area contributed by atoms with Crippen molar-refractivity contribution in [1.82, 2.24) is 5.32 Å². The van der Waals surface area contributed by atoms with Crippen LogP contribution < -0.4 is 14.8 Å². The van der Waals surface area contributed by atoms with Gasteiger partial charge in [-0.25, -0.2) is 0 Å². The number of methoxy groups -OCH3 is 1. The van der Waals surface area contributed by atoms with Crippen molar-refractivity contribution in [3.8, 4) is 17.6 Å². The van der Waals surface area contributed by atoms with E-state index < -0.39 is 0 Å². The molecule has 1 amide bonds. The molecule has 0 aliphatic rings. The van der Waals surface area contributed by atoms with Crippen molar-refractivity contribution in [3.63, 3.8) is 0 Å². The molecule has 1 N–H and O–H groups in total. The van der Waals surface area contributed by atoms with Gasteiger partial charge in [0.05, 0.1) is 7.11 Å². The molecule has 0 heterocycles. The van der Waals surface area contributed by atoms with E-state index in [1.54, 1.807) is 24.3 Å². The quantitative estimate of drug-likeness (QED) is 0.703. The molecule has 0 aliphatic heterocycles. The van der Waals surface area contributed by atoms with Crippen LogP contribution in [0.5, 0.6) is 11.5 Å². The Morgan fingerprint density at radius 1 is 1.29 bits per heavy atom. The summed E-state index contributed by atoms with van der Waals surface area (Å²) in [4.78, 5) is 11.9. The maximum absolute atomic E-state index is 11.9. The average Bonchev–Trinajstić information content (AvgIpc) is 2.56. The van der Waals surface area contributed by atoms with Crippen LogP contribution in [-0.4, -0.2) is 25.7 Å². The third-order valence-corrected chi connectivity index (χ3v) is 3.47. The van der Waals surface area contributed by atoms with Crippen molar-refractivity contribution in [2.45, 2.75) is 39.7 Å². The van der Waals surface area contributed by atoms with Crippen LogP contribution in [0.1, 0.15) is 39.2 Å². The molecule has 0 aliphatic carbocycles. The number of benzene rings is 1. The number of nitrogens with one attached hydrogen (secondary N) is 1. The highest BCUT2D eigenvalue weighted by atomic mass is 16.5. The van der Waals surface area contributed by atoms with Crippen molar-refractivity contribution in [1.29, 1.82) is 5.26 Å². The van der Waals surface area contributed by atoms with Gasteiger partial charge in [0.2, 0.25) is 5.91 Å². The Morgan fingerprint density at radius 3 is 2.67 bits per heavy atom. The molecule has 0 aromatic heterocycles. The lowest BCUT2D eigenvalue weighted by atomic mass is 10.0. The highest BCUT2D eigenvalue weighted by molar-refractivity contribution is 5.91. The monoisotopic (exact) mass is 330 g/mol. The SMILES string of the molecule is COc1cc(/C=C/C(=O)NC(C)CCC(C)C)ccc1OCC#N. The number of nitrogens with zero attached hydrogens (tertiary/aromatic N) is 1. The normalized spacial score (nSPS) is 12.0. The minimum atomic E-state index is -0.116. The third kappa shape index (κ3) is 7.19. The van der Waals surface area contributed by atoms with E-state index in [0.29, 0.717) is 17.4 Å². The molecule has 0 spiro atoms. The molecule has 130 valence electrons. The molecule has 1 aromatic rings. The van der Waals surface area contributed by atoms with Gasteiger partial charge in [-0.15, -0.1) is 0 Å². The van der Waals surface area contributed by atoms with Crippen molar-refractivity contribution >= 4 is 12.0 Å². The Bertz CT molecular complexity index is 603. The van der Waals surface area contributed by atoms with Crippen LogP contribution in [0.2, 0.25) is 0 Å². The molecular weight excluding hydrogens is 304 g/mol. The zero-order valence-electron chi connectivity index (χ0n) is 14.8. The van der Waals surface area contributed by atoms with E-state index in [1.165, 1.54) is 13.2 Å². The van der Waals surface area contributed by atoms with E-state index in [0.717, 1.165) is 18.4 Å². The Hall–Kier alpha value is -2.48. The molecule has 0 fully saturated rings. The fourth-order valence-electron chi connectivity index (χ4n) is 2.14. The van der Waals surface area contributed by atoms with Crippen molar-refractivity contribution in [2.24, 2.45) is 5.92 Å². The lowest BCUT2D eigenvalue weighted by Crippen LogP contribution is -2.31. The van der Waals surface area contributed by atoms with Crippen molar-refractivity contribution in [2.75, 3.05) is 13.7 Å². The first-order chi connectivity index (χ1) is 11.5. The summed E-state index contributed by atoms with van der Waals surface area (Å²) in [6.07, 6.45) is 5.29. The van der Waals surface area contributed by atoms with E-state index in [2.05, 4.69) is 19.2 Å². The number of hydrogen-bond donors (Lipinski definition) is 1. The summed E-state index contributed by atoms with van der Waals surface area (Å²) in [5.41, 5.74) is 0.821. The second-order valence-electron chi connectivity index (χ2n) is 6.07. The van der Waals surface area contributed by atoms with Crippen LogP contribution in [0, 0.1) is 17.2 Å². The standard InChI is InChI=1S/C19H26N2O3/c1-14(2)5-6-15(3)21-19(22)10-8-16-7-9-17(24-12-11-20)18(13-16)23-4/h7-10,13-15H,5-6,12H2,1-4H3,(H,21,22)/b10-8+. The zero-order valence-corrected chi connectivity index (χ0v) is 14.8. The van der Waals surface area contributed by atoms with Gasteiger partial charge in [-0.1, -0.05) is 19.9 Å². The molecule has 1 rings (SSSR count). The number of hydrogen-bond acceptors (Lipinski definition) is 4. The number of carbonyl (C=O) groups excluding carboxylic acids is 1. The van der Waals surface area contributed by atoms with Crippen molar-refractivity contribution < 1.29 is 14.3 Å². The summed E-state index contributed by atoms with van der Waals surface area (Å²) in [7, 11) is 1.53. The molecular formula is C19H26N2O3. The Labute approximate surface area is 144 Å². The van der Waals surface area contributed by atoms with Gasteiger partial charge in [-0.05, 0) is 49.5 Å². The summed E-state index contributed by atoms with van der Waals surface area (Å²) in [6, 6.07) is 7.36. The molecule has 0 bridgehead atoms. The molecule has 24 heavy (non-hydrogen) atoms. The van der Waals surface area contributed by atoms with Gasteiger partial charge >= 0.3 is 0 Å². The van der Waals surface area contributed by atoms with Crippen LogP contribution in [0.4, 0.5) is 0 Å². The predicted octanol–water partition coefficient (Wildman–Crippen LogP) is 3.55. The summed E-state index contributed by atoms with van der Waals surface area (Å²) >= 11 is 0. The molecule has 0 saturated carbocycles. The van der Waals surface area contributed by atoms with Crippen LogP contribution in [0.15, 0.2) is 24.3 Å². The Morgan fingerprint density at radius 2 is 2.04 bits per heavy atom. The van der Waals surface area contributed by atoms with E-state index >= 15 is 0 Å². The van der Waals surface area contributed by atoms with Gasteiger partial charge in [0.25, 0.3) is 0 Å². The maximum atomic E-state index is 11.9. The first kappa shape index (κ1) is 19.6. The molecule has 0 saturated heterocycles. The van der Waals surface area contributed by atoms with E-state index in [-0.39, 0.29) is 18.6 Å². The first-order valence-corrected chi connectivity index (χ1v) is 8.12. The molecule has 5 heteroatoms. The number of nitriles is 1. The second-order valence-corrected chi connectivity index (χ2v) is 6.07. The summed E-state index contributed by atoms with van der Waals surface area (Å²) in [5, 5.41) is 11.5. The smallest absolute Gasteiger partial charge is 0.244 e. The zero-order chi connectivity index (χ0) is 17.9. The number of rotatable bonds is 9. The van der Waals surface area contributed by atoms with E-state index in [4.69, 9.17) is 14.7 Å². The van der Waals surface area contributed by atoms with Gasteiger partial charge in [-0.3, -0.25) is 4.79 Å². The van der Waals surface area contributed by atoms with Gasteiger partial charge in [0, 0.05) is 12.1 Å². The van der Waals surface area contributed by atoms with Gasteiger partial charge in [-0.2, -0.15) is 5.26 Å². The molecule has 1 unspecified atom stereocenters. The Kier molecular flexibility index (Phi) is 8.42. The van der Waals surface area contributed by atoms with Crippen LogP contribution in [0.3, 0.4) is 0 Å². The number of ether oxygens (including phenoxy) is 2. The summed E-state index contributed by atoms with van der Waals surface area (Å²) in [5.74, 6) is 1.55. The second kappa shape index (κ2) is 10.3. The van der Waals surface area contributed by atoms with Gasteiger partial charge < -0.3 is 14.8 Å². The Balaban J connectivity index is 2.63. The lowest BCUT2D eigenvalue weighted by Gasteiger charge is -2.13. The van der Waals surface area contributed by atoms with Crippen LogP contribution in [0.25, 0.3) is 6.08 Å².